The van der Waals surface area contributed by atoms with Crippen molar-refractivity contribution in [3.8, 4) is 0 Å². The van der Waals surface area contributed by atoms with Gasteiger partial charge in [-0.2, -0.15) is 0 Å². The third kappa shape index (κ3) is 6.41. The van der Waals surface area contributed by atoms with Crippen molar-refractivity contribution in [2.45, 2.75) is 57.9 Å². The molecule has 1 aliphatic heterocycles. The maximum absolute atomic E-state index is 12.9. The second kappa shape index (κ2) is 10.9. The largest absolute Gasteiger partial charge is 0.352 e. The highest BCUT2D eigenvalue weighted by Crippen LogP contribution is 2.39. The molecule has 1 saturated heterocycles. The van der Waals surface area contributed by atoms with Crippen LogP contribution >= 0.6 is 12.4 Å². The average Bonchev–Trinajstić information content (AvgIpc) is 2.74. The number of hydrogen-bond acceptors (Lipinski definition) is 3. The van der Waals surface area contributed by atoms with Gasteiger partial charge in [-0.05, 0) is 55.3 Å². The van der Waals surface area contributed by atoms with Crippen LogP contribution in [-0.2, 0) is 16.1 Å². The molecule has 2 fully saturated rings. The number of nitrogens with two attached hydrogens (primary N) is 1. The zero-order valence-corrected chi connectivity index (χ0v) is 17.8. The molecular formula is C22H33ClFN3O2. The van der Waals surface area contributed by atoms with Crippen molar-refractivity contribution in [3.05, 3.63) is 35.6 Å². The van der Waals surface area contributed by atoms with Crippen molar-refractivity contribution in [2.24, 2.45) is 17.1 Å². The molecule has 0 bridgehead atoms. The molecule has 2 aliphatic rings. The summed E-state index contributed by atoms with van der Waals surface area (Å²) in [6.07, 6.45) is 7.61. The van der Waals surface area contributed by atoms with E-state index in [1.807, 2.05) is 4.90 Å². The van der Waals surface area contributed by atoms with Crippen LogP contribution in [0.4, 0.5) is 4.39 Å². The van der Waals surface area contributed by atoms with Gasteiger partial charge in [0.15, 0.2) is 0 Å². The number of likely N-dealkylation sites (tertiary alicyclic amines) is 1. The molecule has 3 N–H and O–H groups in total. The highest BCUT2D eigenvalue weighted by Gasteiger charge is 2.35. The smallest absolute Gasteiger partial charge is 0.223 e. The van der Waals surface area contributed by atoms with Crippen molar-refractivity contribution in [1.29, 1.82) is 0 Å². The second-order valence-electron chi connectivity index (χ2n) is 8.44. The fraction of sp³-hybridized carbons (Fsp3) is 0.636. The van der Waals surface area contributed by atoms with Crippen molar-refractivity contribution in [2.75, 3.05) is 19.6 Å². The monoisotopic (exact) mass is 425 g/mol. The predicted molar refractivity (Wildman–Crippen MR) is 114 cm³/mol. The zero-order chi connectivity index (χ0) is 20.0. The number of carbonyl (C=O) groups is 2. The Labute approximate surface area is 179 Å². The third-order valence-corrected chi connectivity index (χ3v) is 6.47. The summed E-state index contributed by atoms with van der Waals surface area (Å²) in [5.74, 6) is -0.140. The van der Waals surface area contributed by atoms with Crippen LogP contribution in [0.25, 0.3) is 0 Å². The Morgan fingerprint density at radius 3 is 2.31 bits per heavy atom. The topological polar surface area (TPSA) is 75.4 Å². The normalized spacial score (nSPS) is 19.3. The van der Waals surface area contributed by atoms with E-state index in [0.29, 0.717) is 45.4 Å². The molecule has 0 unspecified atom stereocenters. The lowest BCUT2D eigenvalue weighted by Gasteiger charge is -2.38. The molecule has 0 spiro atoms. The van der Waals surface area contributed by atoms with Crippen LogP contribution in [0.15, 0.2) is 24.3 Å². The van der Waals surface area contributed by atoms with E-state index in [1.165, 1.54) is 31.4 Å². The van der Waals surface area contributed by atoms with Crippen LogP contribution < -0.4 is 11.1 Å². The van der Waals surface area contributed by atoms with Crippen LogP contribution in [0.1, 0.15) is 56.9 Å². The number of nitrogens with one attached hydrogen (secondary N) is 1. The lowest BCUT2D eigenvalue weighted by molar-refractivity contribution is -0.138. The molecule has 7 heteroatoms. The van der Waals surface area contributed by atoms with Gasteiger partial charge in [0.25, 0.3) is 0 Å². The Morgan fingerprint density at radius 1 is 1.10 bits per heavy atom. The maximum Gasteiger partial charge on any atom is 0.223 e. The first-order valence-electron chi connectivity index (χ1n) is 10.5. The Morgan fingerprint density at radius 2 is 1.72 bits per heavy atom. The Hall–Kier alpha value is -1.66. The highest BCUT2D eigenvalue weighted by molar-refractivity contribution is 5.85. The van der Waals surface area contributed by atoms with E-state index >= 15 is 0 Å². The summed E-state index contributed by atoms with van der Waals surface area (Å²) in [5, 5.41) is 2.93. The Kier molecular flexibility index (Phi) is 8.90. The van der Waals surface area contributed by atoms with E-state index in [2.05, 4.69) is 5.32 Å². The number of carbonyl (C=O) groups excluding carboxylic acids is 2. The van der Waals surface area contributed by atoms with Crippen LogP contribution in [0.3, 0.4) is 0 Å². The number of halogens is 2. The number of amides is 2. The number of piperidine rings is 1. The van der Waals surface area contributed by atoms with Crippen LogP contribution in [0, 0.1) is 17.2 Å². The van der Waals surface area contributed by atoms with Crippen molar-refractivity contribution >= 4 is 24.2 Å². The van der Waals surface area contributed by atoms with Gasteiger partial charge in [-0.25, -0.2) is 4.39 Å². The number of hydrogen-bond donors (Lipinski definition) is 2. The summed E-state index contributed by atoms with van der Waals surface area (Å²) in [6.45, 7) is 2.25. The molecule has 2 amide bonds. The summed E-state index contributed by atoms with van der Waals surface area (Å²) in [5.41, 5.74) is 6.88. The van der Waals surface area contributed by atoms with Gasteiger partial charge in [0.05, 0.1) is 0 Å². The van der Waals surface area contributed by atoms with Crippen molar-refractivity contribution < 1.29 is 14.0 Å². The molecule has 29 heavy (non-hydrogen) atoms. The summed E-state index contributed by atoms with van der Waals surface area (Å²) >= 11 is 0. The molecular weight excluding hydrogens is 393 g/mol. The Bertz CT molecular complexity index is 669. The minimum absolute atomic E-state index is 0. The summed E-state index contributed by atoms with van der Waals surface area (Å²) in [4.78, 5) is 27.1. The molecule has 1 saturated carbocycles. The van der Waals surface area contributed by atoms with Crippen LogP contribution in [-0.4, -0.2) is 36.3 Å². The quantitative estimate of drug-likeness (QED) is 0.733. The molecule has 1 aliphatic carbocycles. The first-order valence-corrected chi connectivity index (χ1v) is 10.5. The summed E-state index contributed by atoms with van der Waals surface area (Å²) in [6, 6.07) is 6.14. The van der Waals surface area contributed by atoms with Gasteiger partial charge in [0.1, 0.15) is 5.82 Å². The first kappa shape index (κ1) is 23.6. The maximum atomic E-state index is 12.9. The van der Waals surface area contributed by atoms with Gasteiger partial charge >= 0.3 is 0 Å². The lowest BCUT2D eigenvalue weighted by Crippen LogP contribution is -2.45. The van der Waals surface area contributed by atoms with E-state index < -0.39 is 0 Å². The second-order valence-corrected chi connectivity index (χ2v) is 8.44. The molecule has 1 aromatic carbocycles. The predicted octanol–water partition coefficient (Wildman–Crippen LogP) is 3.40. The molecule has 1 heterocycles. The third-order valence-electron chi connectivity index (χ3n) is 6.47. The summed E-state index contributed by atoms with van der Waals surface area (Å²) < 4.78 is 12.9. The lowest BCUT2D eigenvalue weighted by atomic mass is 9.71. The molecule has 1 aromatic rings. The fourth-order valence-electron chi connectivity index (χ4n) is 4.51. The Balaban J connectivity index is 0.00000300. The van der Waals surface area contributed by atoms with Gasteiger partial charge in [0, 0.05) is 32.0 Å². The van der Waals surface area contributed by atoms with Crippen LogP contribution in [0.5, 0.6) is 0 Å². The molecule has 0 aromatic heterocycles. The average molecular weight is 426 g/mol. The SMILES string of the molecule is Cl.NCC1(CC(=O)N2CCC(C(=O)NCc3ccc(F)cc3)CC2)CCCCC1. The van der Waals surface area contributed by atoms with Gasteiger partial charge in [-0.1, -0.05) is 31.4 Å². The highest BCUT2D eigenvalue weighted by atomic mass is 35.5. The number of nitrogens with zero attached hydrogens (tertiary/aromatic N) is 1. The van der Waals surface area contributed by atoms with Gasteiger partial charge < -0.3 is 16.0 Å². The van der Waals surface area contributed by atoms with Gasteiger partial charge in [0.2, 0.25) is 11.8 Å². The van der Waals surface area contributed by atoms with Gasteiger partial charge in [-0.3, -0.25) is 9.59 Å². The fourth-order valence-corrected chi connectivity index (χ4v) is 4.51. The van der Waals surface area contributed by atoms with E-state index in [1.54, 1.807) is 12.1 Å². The first-order chi connectivity index (χ1) is 13.5. The van der Waals surface area contributed by atoms with Crippen LogP contribution in [0.2, 0.25) is 0 Å². The molecule has 5 nitrogen and oxygen atoms in total. The number of benzene rings is 1. The van der Waals surface area contributed by atoms with E-state index in [-0.39, 0.29) is 41.4 Å². The van der Waals surface area contributed by atoms with Crippen molar-refractivity contribution in [3.63, 3.8) is 0 Å². The summed E-state index contributed by atoms with van der Waals surface area (Å²) in [7, 11) is 0. The number of rotatable bonds is 6. The minimum Gasteiger partial charge on any atom is -0.352 e. The van der Waals surface area contributed by atoms with E-state index in [9.17, 15) is 14.0 Å². The standard InChI is InChI=1S/C22H32FN3O2.ClH/c23-19-6-4-17(5-7-19)15-25-21(28)18-8-12-26(13-9-18)20(27)14-22(16-24)10-2-1-3-11-22;/h4-7,18H,1-3,8-16,24H2,(H,25,28);1H. The molecule has 3 rings (SSSR count). The zero-order valence-electron chi connectivity index (χ0n) is 17.0. The van der Waals surface area contributed by atoms with E-state index in [4.69, 9.17) is 5.73 Å². The molecule has 0 atom stereocenters. The molecule has 162 valence electrons. The van der Waals surface area contributed by atoms with Crippen molar-refractivity contribution in [1.82, 2.24) is 10.2 Å². The molecule has 0 radical (unpaired) electrons. The van der Waals surface area contributed by atoms with E-state index in [0.717, 1.165) is 18.4 Å². The van der Waals surface area contributed by atoms with Gasteiger partial charge in [-0.15, -0.1) is 12.4 Å². The minimum atomic E-state index is -0.281.